The highest BCUT2D eigenvalue weighted by atomic mass is 16.5. The lowest BCUT2D eigenvalue weighted by Crippen LogP contribution is -2.22. The Kier molecular flexibility index (Phi) is 4.87. The van der Waals surface area contributed by atoms with Crippen molar-refractivity contribution in [1.29, 1.82) is 0 Å². The second-order valence-corrected chi connectivity index (χ2v) is 5.01. The van der Waals surface area contributed by atoms with E-state index in [-0.39, 0.29) is 6.10 Å². The minimum absolute atomic E-state index is 0.287. The molecule has 0 radical (unpaired) electrons. The monoisotopic (exact) mass is 233 g/mol. The first-order chi connectivity index (χ1) is 8.34. The maximum absolute atomic E-state index is 5.81. The van der Waals surface area contributed by atoms with Gasteiger partial charge in [0, 0.05) is 18.8 Å². The van der Waals surface area contributed by atoms with Gasteiger partial charge in [0.1, 0.15) is 0 Å². The van der Waals surface area contributed by atoms with Crippen LogP contribution in [0.25, 0.3) is 0 Å². The van der Waals surface area contributed by atoms with E-state index in [9.17, 15) is 0 Å². The third kappa shape index (κ3) is 4.39. The van der Waals surface area contributed by atoms with Crippen LogP contribution in [-0.4, -0.2) is 19.3 Å². The van der Waals surface area contributed by atoms with Gasteiger partial charge in [-0.05, 0) is 31.4 Å². The Morgan fingerprint density at radius 2 is 2.06 bits per heavy atom. The first kappa shape index (κ1) is 12.4. The minimum Gasteiger partial charge on any atom is -0.382 e. The van der Waals surface area contributed by atoms with Crippen LogP contribution in [0.4, 0.5) is 5.69 Å². The molecule has 1 aromatic rings. The molecule has 1 saturated carbocycles. The molecule has 0 spiro atoms. The quantitative estimate of drug-likeness (QED) is 0.775. The summed E-state index contributed by atoms with van der Waals surface area (Å²) in [6.07, 6.45) is 5.79. The molecule has 1 aliphatic carbocycles. The molecule has 2 heteroatoms. The summed E-state index contributed by atoms with van der Waals surface area (Å²) < 4.78 is 5.81. The molecule has 1 aromatic carbocycles. The predicted octanol–water partition coefficient (Wildman–Crippen LogP) is 3.69. The summed E-state index contributed by atoms with van der Waals surface area (Å²) in [5.74, 6) is 0.948. The molecule has 2 rings (SSSR count). The van der Waals surface area contributed by atoms with Gasteiger partial charge in [0.15, 0.2) is 0 Å². The summed E-state index contributed by atoms with van der Waals surface area (Å²) in [6, 6.07) is 10.3. The normalized spacial score (nSPS) is 17.5. The topological polar surface area (TPSA) is 21.3 Å². The molecular formula is C15H23NO. The number of ether oxygens (including phenoxy) is 1. The highest BCUT2D eigenvalue weighted by molar-refractivity contribution is 5.42. The Balaban J connectivity index is 1.55. The molecule has 1 unspecified atom stereocenters. The summed E-state index contributed by atoms with van der Waals surface area (Å²) in [5, 5.41) is 3.39. The standard InChI is InChI=1S/C15H23NO/c1-13(17-11-10-14-6-5-7-14)12-16-15-8-3-2-4-9-15/h2-4,8-9,13-14,16H,5-7,10-12H2,1H3. The fraction of sp³-hybridized carbons (Fsp3) is 0.600. The summed E-state index contributed by atoms with van der Waals surface area (Å²) in [7, 11) is 0. The first-order valence-electron chi connectivity index (χ1n) is 6.75. The molecule has 1 N–H and O–H groups in total. The van der Waals surface area contributed by atoms with Crippen molar-refractivity contribution in [2.24, 2.45) is 5.92 Å². The smallest absolute Gasteiger partial charge is 0.0719 e. The Labute approximate surface area is 104 Å². The van der Waals surface area contributed by atoms with Crippen LogP contribution in [0.5, 0.6) is 0 Å². The second-order valence-electron chi connectivity index (χ2n) is 5.01. The van der Waals surface area contributed by atoms with E-state index in [1.165, 1.54) is 31.4 Å². The molecule has 17 heavy (non-hydrogen) atoms. The molecule has 1 aliphatic rings. The Morgan fingerprint density at radius 1 is 1.29 bits per heavy atom. The highest BCUT2D eigenvalue weighted by Crippen LogP contribution is 2.29. The van der Waals surface area contributed by atoms with Crippen molar-refractivity contribution in [2.45, 2.75) is 38.7 Å². The van der Waals surface area contributed by atoms with Crippen molar-refractivity contribution in [3.63, 3.8) is 0 Å². The molecule has 1 atom stereocenters. The van der Waals surface area contributed by atoms with E-state index >= 15 is 0 Å². The van der Waals surface area contributed by atoms with E-state index in [2.05, 4.69) is 24.4 Å². The molecule has 1 fully saturated rings. The zero-order chi connectivity index (χ0) is 11.9. The van der Waals surface area contributed by atoms with Gasteiger partial charge in [-0.25, -0.2) is 0 Å². The van der Waals surface area contributed by atoms with Gasteiger partial charge in [-0.1, -0.05) is 37.5 Å². The van der Waals surface area contributed by atoms with Crippen LogP contribution in [0.3, 0.4) is 0 Å². The van der Waals surface area contributed by atoms with Crippen LogP contribution in [-0.2, 0) is 4.74 Å². The third-order valence-corrected chi connectivity index (χ3v) is 3.52. The maximum Gasteiger partial charge on any atom is 0.0719 e. The molecular weight excluding hydrogens is 210 g/mol. The van der Waals surface area contributed by atoms with E-state index in [0.717, 1.165) is 19.1 Å². The largest absolute Gasteiger partial charge is 0.382 e. The number of anilines is 1. The lowest BCUT2D eigenvalue weighted by Gasteiger charge is -2.25. The van der Waals surface area contributed by atoms with Crippen molar-refractivity contribution >= 4 is 5.69 Å². The van der Waals surface area contributed by atoms with Crippen molar-refractivity contribution in [3.8, 4) is 0 Å². The van der Waals surface area contributed by atoms with Gasteiger partial charge in [-0.15, -0.1) is 0 Å². The fourth-order valence-electron chi connectivity index (χ4n) is 2.09. The van der Waals surface area contributed by atoms with Crippen molar-refractivity contribution in [2.75, 3.05) is 18.5 Å². The second kappa shape index (κ2) is 6.65. The summed E-state index contributed by atoms with van der Waals surface area (Å²) in [4.78, 5) is 0. The van der Waals surface area contributed by atoms with Gasteiger partial charge >= 0.3 is 0 Å². The van der Waals surface area contributed by atoms with Gasteiger partial charge in [-0.3, -0.25) is 0 Å². The molecule has 94 valence electrons. The van der Waals surface area contributed by atoms with E-state index in [0.29, 0.717) is 0 Å². The number of hydrogen-bond acceptors (Lipinski definition) is 2. The third-order valence-electron chi connectivity index (χ3n) is 3.52. The average molecular weight is 233 g/mol. The number of hydrogen-bond donors (Lipinski definition) is 1. The van der Waals surface area contributed by atoms with Crippen LogP contribution >= 0.6 is 0 Å². The van der Waals surface area contributed by atoms with Gasteiger partial charge in [0.05, 0.1) is 6.10 Å². The molecule has 0 aromatic heterocycles. The Hall–Kier alpha value is -1.02. The Bertz CT molecular complexity index is 308. The number of rotatable bonds is 7. The van der Waals surface area contributed by atoms with Gasteiger partial charge < -0.3 is 10.1 Å². The zero-order valence-corrected chi connectivity index (χ0v) is 10.7. The molecule has 0 saturated heterocycles. The van der Waals surface area contributed by atoms with Gasteiger partial charge in [0.25, 0.3) is 0 Å². The van der Waals surface area contributed by atoms with E-state index in [1.54, 1.807) is 0 Å². The van der Waals surface area contributed by atoms with Gasteiger partial charge in [0.2, 0.25) is 0 Å². The molecule has 2 nitrogen and oxygen atoms in total. The summed E-state index contributed by atoms with van der Waals surface area (Å²) in [5.41, 5.74) is 1.17. The van der Waals surface area contributed by atoms with Crippen LogP contribution in [0.2, 0.25) is 0 Å². The van der Waals surface area contributed by atoms with E-state index < -0.39 is 0 Å². The van der Waals surface area contributed by atoms with Crippen LogP contribution in [0, 0.1) is 5.92 Å². The lowest BCUT2D eigenvalue weighted by molar-refractivity contribution is 0.0567. The minimum atomic E-state index is 0.287. The van der Waals surface area contributed by atoms with Crippen molar-refractivity contribution in [1.82, 2.24) is 0 Å². The van der Waals surface area contributed by atoms with E-state index in [4.69, 9.17) is 4.74 Å². The first-order valence-corrected chi connectivity index (χ1v) is 6.75. The lowest BCUT2D eigenvalue weighted by atomic mass is 9.83. The average Bonchev–Trinajstić information content (AvgIpc) is 2.31. The number of benzene rings is 1. The predicted molar refractivity (Wildman–Crippen MR) is 72.3 cm³/mol. The highest BCUT2D eigenvalue weighted by Gasteiger charge is 2.17. The van der Waals surface area contributed by atoms with Crippen LogP contribution in [0.15, 0.2) is 30.3 Å². The number of para-hydroxylation sites is 1. The summed E-state index contributed by atoms with van der Waals surface area (Å²) >= 11 is 0. The molecule has 0 heterocycles. The van der Waals surface area contributed by atoms with Crippen LogP contribution < -0.4 is 5.32 Å². The van der Waals surface area contributed by atoms with Gasteiger partial charge in [-0.2, -0.15) is 0 Å². The van der Waals surface area contributed by atoms with Crippen molar-refractivity contribution < 1.29 is 4.74 Å². The number of nitrogens with one attached hydrogen (secondary N) is 1. The molecule has 0 aliphatic heterocycles. The maximum atomic E-state index is 5.81. The summed E-state index contributed by atoms with van der Waals surface area (Å²) in [6.45, 7) is 3.94. The Morgan fingerprint density at radius 3 is 2.71 bits per heavy atom. The molecule has 0 amide bonds. The van der Waals surface area contributed by atoms with E-state index in [1.807, 2.05) is 18.2 Å². The van der Waals surface area contributed by atoms with Crippen molar-refractivity contribution in [3.05, 3.63) is 30.3 Å². The van der Waals surface area contributed by atoms with Crippen LogP contribution in [0.1, 0.15) is 32.6 Å². The zero-order valence-electron chi connectivity index (χ0n) is 10.7. The fourth-order valence-corrected chi connectivity index (χ4v) is 2.09. The SMILES string of the molecule is CC(CNc1ccccc1)OCCC1CCC1. The molecule has 0 bridgehead atoms.